The van der Waals surface area contributed by atoms with Gasteiger partial charge in [-0.1, -0.05) is 0 Å². The molecule has 78 valence electrons. The van der Waals surface area contributed by atoms with E-state index in [1.54, 1.807) is 0 Å². The van der Waals surface area contributed by atoms with Crippen LogP contribution >= 0.6 is 11.6 Å². The Morgan fingerprint density at radius 3 is 2.64 bits per heavy atom. The molecule has 0 atom stereocenters. The van der Waals surface area contributed by atoms with Crippen LogP contribution in [-0.4, -0.2) is 12.1 Å². The van der Waals surface area contributed by atoms with Crippen molar-refractivity contribution in [1.29, 1.82) is 0 Å². The summed E-state index contributed by atoms with van der Waals surface area (Å²) in [5.41, 5.74) is -0.651. The molecule has 2 nitrogen and oxygen atoms in total. The van der Waals surface area contributed by atoms with Gasteiger partial charge < -0.3 is 4.74 Å². The molecule has 14 heavy (non-hydrogen) atoms. The second-order valence-corrected chi connectivity index (χ2v) is 2.70. The van der Waals surface area contributed by atoms with Crippen LogP contribution in [-0.2, 0) is 5.88 Å². The van der Waals surface area contributed by atoms with Crippen LogP contribution in [0.3, 0.4) is 0 Å². The molecule has 0 aromatic carbocycles. The van der Waals surface area contributed by atoms with E-state index in [1.807, 2.05) is 0 Å². The molecule has 1 heterocycles. The molecule has 1 rings (SSSR count). The maximum atomic E-state index is 13.0. The van der Waals surface area contributed by atoms with E-state index in [9.17, 15) is 13.2 Å². The van der Waals surface area contributed by atoms with Crippen molar-refractivity contribution in [3.05, 3.63) is 23.3 Å². The van der Waals surface area contributed by atoms with E-state index in [0.29, 0.717) is 0 Å². The lowest BCUT2D eigenvalue weighted by molar-refractivity contribution is 0.144. The van der Waals surface area contributed by atoms with Crippen molar-refractivity contribution >= 4 is 11.6 Å². The first-order valence-corrected chi connectivity index (χ1v) is 4.20. The zero-order chi connectivity index (χ0) is 10.7. The summed E-state index contributed by atoms with van der Waals surface area (Å²) < 4.78 is 42.5. The fourth-order valence-corrected chi connectivity index (χ4v) is 1.27. The Hall–Kier alpha value is -0.970. The largest absolute Gasteiger partial charge is 0.493 e. The predicted molar refractivity (Wildman–Crippen MR) is 45.3 cm³/mol. The summed E-state index contributed by atoms with van der Waals surface area (Å²) in [6.07, 6.45) is -2.05. The van der Waals surface area contributed by atoms with Crippen molar-refractivity contribution in [2.45, 2.75) is 12.3 Å². The van der Waals surface area contributed by atoms with Gasteiger partial charge in [0.15, 0.2) is 11.6 Å². The molecule has 0 saturated heterocycles. The highest BCUT2D eigenvalue weighted by molar-refractivity contribution is 6.17. The van der Waals surface area contributed by atoms with E-state index in [0.717, 1.165) is 13.3 Å². The lowest BCUT2D eigenvalue weighted by atomic mass is 10.2. The predicted octanol–water partition coefficient (Wildman–Crippen LogP) is 2.91. The van der Waals surface area contributed by atoms with Crippen LogP contribution in [0.5, 0.6) is 5.75 Å². The molecule has 0 amide bonds. The number of rotatable bonds is 3. The first kappa shape index (κ1) is 11.1. The summed E-state index contributed by atoms with van der Waals surface area (Å²) >= 11 is 5.38. The first-order chi connectivity index (χ1) is 6.61. The summed E-state index contributed by atoms with van der Waals surface area (Å²) in [7, 11) is 1.11. The summed E-state index contributed by atoms with van der Waals surface area (Å²) in [5, 5.41) is 0. The Bertz CT molecular complexity index is 333. The topological polar surface area (TPSA) is 22.1 Å². The second-order valence-electron chi connectivity index (χ2n) is 2.43. The normalized spacial score (nSPS) is 10.7. The first-order valence-electron chi connectivity index (χ1n) is 3.67. The molecule has 0 radical (unpaired) electrons. The Morgan fingerprint density at radius 2 is 2.21 bits per heavy atom. The monoisotopic (exact) mass is 225 g/mol. The van der Waals surface area contributed by atoms with Gasteiger partial charge in [0.25, 0.3) is 6.43 Å². The lowest BCUT2D eigenvalue weighted by Gasteiger charge is -2.11. The van der Waals surface area contributed by atoms with Gasteiger partial charge in [-0.2, -0.15) is 0 Å². The molecule has 1 aromatic heterocycles. The smallest absolute Gasteiger partial charge is 0.269 e. The van der Waals surface area contributed by atoms with E-state index in [1.165, 1.54) is 0 Å². The Labute approximate surface area is 83.7 Å². The zero-order valence-corrected chi connectivity index (χ0v) is 7.99. The number of pyridine rings is 1. The number of hydrogen-bond donors (Lipinski definition) is 0. The summed E-state index contributed by atoms with van der Waals surface area (Å²) in [6, 6.07) is 0. The van der Waals surface area contributed by atoms with E-state index in [-0.39, 0.29) is 11.6 Å². The van der Waals surface area contributed by atoms with Crippen molar-refractivity contribution in [1.82, 2.24) is 4.98 Å². The highest BCUT2D eigenvalue weighted by atomic mass is 35.5. The van der Waals surface area contributed by atoms with Crippen molar-refractivity contribution in [3.8, 4) is 5.75 Å². The summed E-state index contributed by atoms with van der Waals surface area (Å²) in [5.74, 6) is -1.63. The molecular weight excluding hydrogens is 219 g/mol. The molecule has 0 saturated carbocycles. The van der Waals surface area contributed by atoms with Crippen molar-refractivity contribution < 1.29 is 17.9 Å². The zero-order valence-electron chi connectivity index (χ0n) is 7.23. The molecule has 0 bridgehead atoms. The average Bonchev–Trinajstić information content (AvgIpc) is 2.17. The van der Waals surface area contributed by atoms with Crippen LogP contribution < -0.4 is 4.74 Å². The Morgan fingerprint density at radius 1 is 1.57 bits per heavy atom. The minimum atomic E-state index is -2.86. The van der Waals surface area contributed by atoms with Gasteiger partial charge in [0.2, 0.25) is 0 Å². The number of nitrogens with zero attached hydrogens (tertiary/aromatic N) is 1. The Kier molecular flexibility index (Phi) is 3.57. The van der Waals surface area contributed by atoms with Crippen molar-refractivity contribution in [2.24, 2.45) is 0 Å². The fourth-order valence-electron chi connectivity index (χ4n) is 1.06. The molecule has 0 fully saturated rings. The van der Waals surface area contributed by atoms with Crippen LogP contribution in [0.15, 0.2) is 6.20 Å². The van der Waals surface area contributed by atoms with Gasteiger partial charge in [-0.15, -0.1) is 11.6 Å². The molecular formula is C8H7ClF3NO. The Balaban J connectivity index is 3.36. The highest BCUT2D eigenvalue weighted by Crippen LogP contribution is 2.33. The highest BCUT2D eigenvalue weighted by Gasteiger charge is 2.22. The van der Waals surface area contributed by atoms with Crippen LogP contribution in [0.25, 0.3) is 0 Å². The third kappa shape index (κ3) is 1.92. The van der Waals surface area contributed by atoms with Gasteiger partial charge in [-0.25, -0.2) is 13.2 Å². The number of hydrogen-bond acceptors (Lipinski definition) is 2. The SMILES string of the molecule is COc1c(F)cnc(CCl)c1C(F)F. The average molecular weight is 226 g/mol. The van der Waals surface area contributed by atoms with Gasteiger partial charge in [-0.05, 0) is 0 Å². The molecule has 0 unspecified atom stereocenters. The van der Waals surface area contributed by atoms with Gasteiger partial charge >= 0.3 is 0 Å². The van der Waals surface area contributed by atoms with E-state index in [4.69, 9.17) is 11.6 Å². The summed E-state index contributed by atoms with van der Waals surface area (Å²) in [4.78, 5) is 3.46. The number of ether oxygens (including phenoxy) is 1. The molecule has 0 aliphatic carbocycles. The number of alkyl halides is 3. The minimum absolute atomic E-state index is 0.0695. The van der Waals surface area contributed by atoms with E-state index < -0.39 is 23.6 Å². The van der Waals surface area contributed by atoms with Gasteiger partial charge in [0, 0.05) is 0 Å². The van der Waals surface area contributed by atoms with E-state index in [2.05, 4.69) is 9.72 Å². The van der Waals surface area contributed by atoms with Gasteiger partial charge in [0.05, 0.1) is 30.4 Å². The third-order valence-corrected chi connectivity index (χ3v) is 1.91. The second kappa shape index (κ2) is 4.50. The number of halogens is 4. The maximum absolute atomic E-state index is 13.0. The molecule has 0 N–H and O–H groups in total. The van der Waals surface area contributed by atoms with Crippen LogP contribution in [0.1, 0.15) is 17.7 Å². The number of methoxy groups -OCH3 is 1. The van der Waals surface area contributed by atoms with Gasteiger partial charge in [0.1, 0.15) is 0 Å². The molecule has 0 aliphatic rings. The third-order valence-electron chi connectivity index (χ3n) is 1.66. The molecule has 1 aromatic rings. The standard InChI is InChI=1S/C8H7ClF3NO/c1-14-7-4(10)3-13-5(2-9)6(7)8(11)12/h3,8H,2H2,1H3. The van der Waals surface area contributed by atoms with E-state index >= 15 is 0 Å². The quantitative estimate of drug-likeness (QED) is 0.738. The maximum Gasteiger partial charge on any atom is 0.269 e. The molecule has 0 aliphatic heterocycles. The lowest BCUT2D eigenvalue weighted by Crippen LogP contribution is -2.02. The summed E-state index contributed by atoms with van der Waals surface area (Å²) in [6.45, 7) is 0. The number of aromatic nitrogens is 1. The van der Waals surface area contributed by atoms with Crippen LogP contribution in [0.4, 0.5) is 13.2 Å². The van der Waals surface area contributed by atoms with Crippen molar-refractivity contribution in [3.63, 3.8) is 0 Å². The molecule has 6 heteroatoms. The fraction of sp³-hybridized carbons (Fsp3) is 0.375. The van der Waals surface area contributed by atoms with Gasteiger partial charge in [-0.3, -0.25) is 4.98 Å². The molecule has 0 spiro atoms. The minimum Gasteiger partial charge on any atom is -0.493 e. The van der Waals surface area contributed by atoms with Crippen LogP contribution in [0.2, 0.25) is 0 Å². The van der Waals surface area contributed by atoms with Crippen LogP contribution in [0, 0.1) is 5.82 Å². The van der Waals surface area contributed by atoms with Crippen molar-refractivity contribution in [2.75, 3.05) is 7.11 Å².